The Morgan fingerprint density at radius 3 is 2.50 bits per heavy atom. The smallest absolute Gasteiger partial charge is 0.251 e. The Morgan fingerprint density at radius 1 is 1.00 bits per heavy atom. The number of nitrogens with zero attached hydrogens (tertiary/aromatic N) is 4. The summed E-state index contributed by atoms with van der Waals surface area (Å²) >= 11 is 0. The first-order valence-corrected chi connectivity index (χ1v) is 10.1. The van der Waals surface area contributed by atoms with Gasteiger partial charge in [0, 0.05) is 50.2 Å². The Kier molecular flexibility index (Phi) is 5.39. The summed E-state index contributed by atoms with van der Waals surface area (Å²) in [5.74, 6) is 0. The second kappa shape index (κ2) is 8.10. The molecule has 1 aliphatic rings. The van der Waals surface area contributed by atoms with Crippen molar-refractivity contribution in [2.45, 2.75) is 33.2 Å². The lowest BCUT2D eigenvalue weighted by molar-refractivity contribution is 0.249. The largest absolute Gasteiger partial charge is 0.368 e. The fraction of sp³-hybridized carbons (Fsp3) is 0.409. The van der Waals surface area contributed by atoms with Crippen molar-refractivity contribution in [2.24, 2.45) is 0 Å². The van der Waals surface area contributed by atoms with Gasteiger partial charge in [-0.05, 0) is 42.7 Å². The van der Waals surface area contributed by atoms with Crippen LogP contribution in [0.5, 0.6) is 0 Å². The van der Waals surface area contributed by atoms with Crippen LogP contribution in [-0.2, 0) is 19.4 Å². The molecule has 0 spiro atoms. The molecule has 4 rings (SSSR count). The monoisotopic (exact) mass is 377 g/mol. The molecular weight excluding hydrogens is 350 g/mol. The van der Waals surface area contributed by atoms with Gasteiger partial charge >= 0.3 is 0 Å². The second-order valence-corrected chi connectivity index (χ2v) is 7.38. The van der Waals surface area contributed by atoms with E-state index < -0.39 is 0 Å². The Bertz CT molecular complexity index is 1000. The van der Waals surface area contributed by atoms with Gasteiger partial charge in [0.15, 0.2) is 0 Å². The zero-order chi connectivity index (χ0) is 19.5. The highest BCUT2D eigenvalue weighted by molar-refractivity contribution is 5.74. The molecule has 0 unspecified atom stereocenters. The van der Waals surface area contributed by atoms with Crippen LogP contribution in [0.4, 0.5) is 5.69 Å². The number of aryl methyl sites for hydroxylation is 2. The summed E-state index contributed by atoms with van der Waals surface area (Å²) in [6.45, 7) is 8.94. The molecule has 28 heavy (non-hydrogen) atoms. The molecule has 0 saturated carbocycles. The average molecular weight is 377 g/mol. The first-order chi connectivity index (χ1) is 13.7. The van der Waals surface area contributed by atoms with Crippen molar-refractivity contribution < 1.29 is 0 Å². The number of rotatable bonds is 5. The predicted octanol–water partition coefficient (Wildman–Crippen LogP) is 2.77. The third-order valence-electron chi connectivity index (χ3n) is 5.52. The van der Waals surface area contributed by atoms with E-state index in [-0.39, 0.29) is 5.56 Å². The molecule has 0 aromatic carbocycles. The number of hydrogen-bond acceptors (Lipinski definition) is 5. The van der Waals surface area contributed by atoms with Gasteiger partial charge in [-0.1, -0.05) is 13.8 Å². The lowest BCUT2D eigenvalue weighted by Crippen LogP contribution is -2.46. The molecule has 6 nitrogen and oxygen atoms in total. The van der Waals surface area contributed by atoms with Crippen LogP contribution in [0, 0.1) is 0 Å². The van der Waals surface area contributed by atoms with E-state index in [9.17, 15) is 4.79 Å². The van der Waals surface area contributed by atoms with Gasteiger partial charge in [0.1, 0.15) is 0 Å². The number of piperazine rings is 1. The van der Waals surface area contributed by atoms with Crippen LogP contribution in [0.3, 0.4) is 0 Å². The van der Waals surface area contributed by atoms with Crippen molar-refractivity contribution in [1.82, 2.24) is 19.9 Å². The minimum Gasteiger partial charge on any atom is -0.368 e. The molecule has 0 radical (unpaired) electrons. The third-order valence-corrected chi connectivity index (χ3v) is 5.52. The van der Waals surface area contributed by atoms with Gasteiger partial charge in [-0.2, -0.15) is 0 Å². The van der Waals surface area contributed by atoms with Crippen LogP contribution in [0.2, 0.25) is 0 Å². The van der Waals surface area contributed by atoms with Crippen LogP contribution in [0.25, 0.3) is 11.0 Å². The molecule has 1 N–H and O–H groups in total. The van der Waals surface area contributed by atoms with Crippen LogP contribution >= 0.6 is 0 Å². The van der Waals surface area contributed by atoms with Gasteiger partial charge in [-0.3, -0.25) is 19.7 Å². The van der Waals surface area contributed by atoms with E-state index in [1.165, 1.54) is 5.69 Å². The van der Waals surface area contributed by atoms with Crippen molar-refractivity contribution in [2.75, 3.05) is 31.1 Å². The van der Waals surface area contributed by atoms with Crippen molar-refractivity contribution >= 4 is 16.7 Å². The number of H-pyrrole nitrogens is 1. The van der Waals surface area contributed by atoms with Crippen molar-refractivity contribution in [3.63, 3.8) is 0 Å². The highest BCUT2D eigenvalue weighted by Gasteiger charge is 2.18. The lowest BCUT2D eigenvalue weighted by atomic mass is 10.1. The molecule has 0 bridgehead atoms. The number of aromatic amines is 1. The summed E-state index contributed by atoms with van der Waals surface area (Å²) in [4.78, 5) is 29.0. The number of fused-ring (bicyclic) bond motifs is 1. The Morgan fingerprint density at radius 2 is 1.82 bits per heavy atom. The first kappa shape index (κ1) is 18.6. The Hall–Kier alpha value is -2.73. The molecule has 6 heteroatoms. The minimum absolute atomic E-state index is 0.00901. The van der Waals surface area contributed by atoms with Gasteiger partial charge in [0.2, 0.25) is 0 Å². The number of pyridine rings is 3. The molecule has 3 aromatic rings. The average Bonchev–Trinajstić information content (AvgIpc) is 2.74. The van der Waals surface area contributed by atoms with Gasteiger partial charge in [0.05, 0.1) is 22.9 Å². The van der Waals surface area contributed by atoms with Crippen LogP contribution in [-0.4, -0.2) is 46.0 Å². The fourth-order valence-electron chi connectivity index (χ4n) is 3.75. The molecule has 1 aliphatic heterocycles. The summed E-state index contributed by atoms with van der Waals surface area (Å²) in [5, 5.41) is 0. The van der Waals surface area contributed by atoms with Crippen molar-refractivity contribution in [1.29, 1.82) is 0 Å². The van der Waals surface area contributed by atoms with E-state index in [0.717, 1.165) is 73.4 Å². The molecular formula is C22H27N5O. The zero-order valence-corrected chi connectivity index (χ0v) is 16.6. The van der Waals surface area contributed by atoms with E-state index in [1.807, 2.05) is 25.4 Å². The molecule has 1 saturated heterocycles. The molecule has 0 aliphatic carbocycles. The maximum atomic E-state index is 12.1. The molecule has 0 atom stereocenters. The maximum absolute atomic E-state index is 12.1. The lowest BCUT2D eigenvalue weighted by Gasteiger charge is -2.36. The van der Waals surface area contributed by atoms with Gasteiger partial charge < -0.3 is 9.88 Å². The molecule has 0 amide bonds. The number of hydrogen-bond donors (Lipinski definition) is 1. The summed E-state index contributed by atoms with van der Waals surface area (Å²) in [5.41, 5.74) is 5.92. The van der Waals surface area contributed by atoms with Crippen molar-refractivity contribution in [3.05, 3.63) is 63.8 Å². The van der Waals surface area contributed by atoms with E-state index in [1.54, 1.807) is 0 Å². The fourth-order valence-corrected chi connectivity index (χ4v) is 3.75. The highest BCUT2D eigenvalue weighted by atomic mass is 16.1. The van der Waals surface area contributed by atoms with Gasteiger partial charge in [-0.25, -0.2) is 0 Å². The normalized spacial score (nSPS) is 15.3. The predicted molar refractivity (Wildman–Crippen MR) is 113 cm³/mol. The quantitative estimate of drug-likeness (QED) is 0.741. The SMILES string of the molecule is CCc1ccc(N2CCN(Cc3cnc4cc(CC)c(=O)[nH]c4c3)CC2)cn1. The number of anilines is 1. The summed E-state index contributed by atoms with van der Waals surface area (Å²) in [7, 11) is 0. The van der Waals surface area contributed by atoms with Crippen LogP contribution < -0.4 is 10.5 Å². The summed E-state index contributed by atoms with van der Waals surface area (Å²) < 4.78 is 0. The Balaban J connectivity index is 1.40. The minimum atomic E-state index is -0.00901. The number of aromatic nitrogens is 3. The molecule has 1 fully saturated rings. The highest BCUT2D eigenvalue weighted by Crippen LogP contribution is 2.18. The molecule has 3 aromatic heterocycles. The summed E-state index contributed by atoms with van der Waals surface area (Å²) in [6, 6.07) is 8.25. The van der Waals surface area contributed by atoms with E-state index in [2.05, 4.69) is 49.9 Å². The van der Waals surface area contributed by atoms with E-state index in [4.69, 9.17) is 0 Å². The van der Waals surface area contributed by atoms with Crippen molar-refractivity contribution in [3.8, 4) is 0 Å². The molecule has 146 valence electrons. The second-order valence-electron chi connectivity index (χ2n) is 7.38. The standard InChI is InChI=1S/C22H27N5O/c1-3-17-12-20-21(25-22(17)28)11-16(13-24-20)15-26-7-9-27(10-8-26)19-6-5-18(4-2)23-14-19/h5-6,11-14H,3-4,7-10,15H2,1-2H3,(H,25,28). The maximum Gasteiger partial charge on any atom is 0.251 e. The van der Waals surface area contributed by atoms with Gasteiger partial charge in [0.25, 0.3) is 5.56 Å². The van der Waals surface area contributed by atoms with E-state index in [0.29, 0.717) is 0 Å². The van der Waals surface area contributed by atoms with Crippen LogP contribution in [0.1, 0.15) is 30.7 Å². The summed E-state index contributed by atoms with van der Waals surface area (Å²) in [6.07, 6.45) is 5.61. The molecule has 4 heterocycles. The van der Waals surface area contributed by atoms with Crippen LogP contribution in [0.15, 0.2) is 41.5 Å². The number of nitrogens with one attached hydrogen (secondary N) is 1. The topological polar surface area (TPSA) is 65.1 Å². The third kappa shape index (κ3) is 3.92. The van der Waals surface area contributed by atoms with E-state index >= 15 is 0 Å². The Labute approximate surface area is 165 Å². The first-order valence-electron chi connectivity index (χ1n) is 10.1. The zero-order valence-electron chi connectivity index (χ0n) is 16.6. The van der Waals surface area contributed by atoms with Gasteiger partial charge in [-0.15, -0.1) is 0 Å².